The predicted molar refractivity (Wildman–Crippen MR) is 206 cm³/mol. The highest BCUT2D eigenvalue weighted by atomic mass is 16.7. The van der Waals surface area contributed by atoms with Gasteiger partial charge in [0, 0.05) is 18.9 Å². The summed E-state index contributed by atoms with van der Waals surface area (Å²) in [6, 6.07) is 14.2. The lowest BCUT2D eigenvalue weighted by Gasteiger charge is -2.51. The maximum absolute atomic E-state index is 12.7. The molecule has 56 heavy (non-hydrogen) atoms. The third-order valence-corrected chi connectivity index (χ3v) is 13.6. The lowest BCUT2D eigenvalue weighted by Crippen LogP contribution is -2.70. The van der Waals surface area contributed by atoms with Crippen molar-refractivity contribution in [2.75, 3.05) is 6.61 Å². The first-order valence-corrected chi connectivity index (χ1v) is 20.2. The third kappa shape index (κ3) is 7.78. The lowest BCUT2D eigenvalue weighted by molar-refractivity contribution is -0.334. The van der Waals surface area contributed by atoms with Crippen molar-refractivity contribution >= 4 is 5.97 Å². The van der Waals surface area contributed by atoms with Gasteiger partial charge in [-0.2, -0.15) is 0 Å². The minimum absolute atomic E-state index is 0.0149. The number of fused-ring (bicyclic) bond motifs is 10. The Bertz CT molecular complexity index is 1780. The van der Waals surface area contributed by atoms with Crippen molar-refractivity contribution in [2.45, 2.75) is 125 Å². The van der Waals surface area contributed by atoms with Gasteiger partial charge in [-0.3, -0.25) is 0 Å². The Labute approximate surface area is 328 Å². The minimum atomic E-state index is -2.23. The highest BCUT2D eigenvalue weighted by molar-refractivity contribution is 5.87. The molecule has 2 aromatic rings. The van der Waals surface area contributed by atoms with E-state index in [1.54, 1.807) is 30.3 Å². The third-order valence-electron chi connectivity index (χ3n) is 13.6. The Morgan fingerprint density at radius 2 is 1.68 bits per heavy atom. The zero-order valence-corrected chi connectivity index (χ0v) is 31.8. The quantitative estimate of drug-likeness (QED) is 0.128. The van der Waals surface area contributed by atoms with Crippen LogP contribution < -0.4 is 4.74 Å². The van der Waals surface area contributed by atoms with Gasteiger partial charge in [-0.05, 0) is 116 Å². The Kier molecular flexibility index (Phi) is 12.0. The molecule has 2 saturated carbocycles. The lowest BCUT2D eigenvalue weighted by atomic mass is 9.62. The molecule has 12 atom stereocenters. The van der Waals surface area contributed by atoms with Gasteiger partial charge in [0.05, 0.1) is 17.3 Å². The zero-order valence-electron chi connectivity index (χ0n) is 31.8. The molecule has 6 aliphatic rings. The van der Waals surface area contributed by atoms with E-state index in [-0.39, 0.29) is 48.7 Å². The molecule has 2 aromatic carbocycles. The number of aromatic carboxylic acids is 1. The number of aliphatic hydroxyl groups excluding tert-OH is 4. The number of aliphatic hydroxyl groups is 6. The highest BCUT2D eigenvalue weighted by Crippen LogP contribution is 2.65. The van der Waals surface area contributed by atoms with Crippen LogP contribution in [0.4, 0.5) is 0 Å². The first kappa shape index (κ1) is 40.5. The van der Waals surface area contributed by atoms with E-state index in [4.69, 9.17) is 14.2 Å². The fourth-order valence-electron chi connectivity index (χ4n) is 10.8. The number of carbonyl (C=O) groups is 1. The molecule has 11 heteroatoms. The van der Waals surface area contributed by atoms with Gasteiger partial charge in [0.25, 0.3) is 0 Å². The summed E-state index contributed by atoms with van der Waals surface area (Å²) in [5.74, 6) is 1.09. The number of benzene rings is 2. The summed E-state index contributed by atoms with van der Waals surface area (Å²) in [5, 5.41) is 79.7. The zero-order chi connectivity index (χ0) is 39.7. The molecule has 0 aromatic heterocycles. The van der Waals surface area contributed by atoms with Gasteiger partial charge in [-0.1, -0.05) is 61.3 Å². The molecule has 0 unspecified atom stereocenters. The van der Waals surface area contributed by atoms with E-state index in [0.29, 0.717) is 37.9 Å². The van der Waals surface area contributed by atoms with E-state index in [1.165, 1.54) is 0 Å². The van der Waals surface area contributed by atoms with Gasteiger partial charge in [0.2, 0.25) is 6.29 Å². The molecule has 2 bridgehead atoms. The first-order chi connectivity index (χ1) is 26.9. The molecular weight excluding hydrogens is 716 g/mol. The van der Waals surface area contributed by atoms with E-state index in [2.05, 4.69) is 24.7 Å². The van der Waals surface area contributed by atoms with Gasteiger partial charge >= 0.3 is 5.97 Å². The van der Waals surface area contributed by atoms with Crippen LogP contribution in [0.15, 0.2) is 73.3 Å². The smallest absolute Gasteiger partial charge is 0.335 e. The standard InChI is InChI=1S/C45H56O11/c1-2-7-28-12-17-33(18-13-28)55-42-45(53)27-34(35(47)8-6-23-54-36(9-5-22-46)39(56-42)38(48)40(45)49)31-16-19-37-43(20-3-4-21-43)32(26-44(37,52)25-31)24-29-10-14-30(15-11-29)41(50)51/h2,10-19,31-32,34-40,42,46-49,52-53H,1,3-5,7-9,20-22,24-27H2,(H,50,51)/t31-,32-,34-,35+,36-,37+,38-,39-,40+,42+,44-,45-/m1/s1. The Morgan fingerprint density at radius 1 is 0.964 bits per heavy atom. The number of allylic oxidation sites excluding steroid dienone is 2. The Balaban J connectivity index is 1.21. The summed E-state index contributed by atoms with van der Waals surface area (Å²) in [6.07, 6.45) is 7.00. The molecule has 11 nitrogen and oxygen atoms in total. The summed E-state index contributed by atoms with van der Waals surface area (Å²) < 4.78 is 18.5. The van der Waals surface area contributed by atoms with Crippen LogP contribution in [0.1, 0.15) is 85.7 Å². The van der Waals surface area contributed by atoms with Gasteiger partial charge in [-0.25, -0.2) is 4.79 Å². The van der Waals surface area contributed by atoms with E-state index in [1.807, 2.05) is 30.3 Å². The van der Waals surface area contributed by atoms with Crippen LogP contribution in [-0.4, -0.2) is 96.3 Å². The van der Waals surface area contributed by atoms with E-state index < -0.39 is 65.8 Å². The molecule has 3 heterocycles. The normalized spacial score (nSPS) is 37.4. The monoisotopic (exact) mass is 772 g/mol. The summed E-state index contributed by atoms with van der Waals surface area (Å²) in [7, 11) is 0. The van der Waals surface area contributed by atoms with Crippen LogP contribution in [0.2, 0.25) is 0 Å². The first-order valence-electron chi connectivity index (χ1n) is 20.2. The summed E-state index contributed by atoms with van der Waals surface area (Å²) >= 11 is 0. The van der Waals surface area contributed by atoms with Crippen LogP contribution in [-0.2, 0) is 22.3 Å². The number of ether oxygens (including phenoxy) is 3. The Morgan fingerprint density at radius 3 is 2.36 bits per heavy atom. The molecule has 1 spiro atoms. The van der Waals surface area contributed by atoms with Crippen LogP contribution in [0.5, 0.6) is 5.75 Å². The van der Waals surface area contributed by atoms with Crippen molar-refractivity contribution in [1.82, 2.24) is 0 Å². The molecule has 7 N–H and O–H groups in total. The number of carboxylic acid groups (broad SMARTS) is 1. The fraction of sp³-hybridized carbons (Fsp3) is 0.578. The molecule has 8 rings (SSSR count). The SMILES string of the molecule is C=CCc1ccc(O[C@H]2O[C@H]3[C@@H](O)[C@H](O)[C@]2(O)C[C@H]([C@@H]2C=C[C@H]4C5(CCCC5)[C@H](Cc5ccc(C(=O)O)cc5)C[C@]4(O)C2)[C@@H](O)CC#CO[C@@H]3CCCO)cc1. The van der Waals surface area contributed by atoms with Gasteiger partial charge in [0.15, 0.2) is 5.60 Å². The van der Waals surface area contributed by atoms with Crippen LogP contribution >= 0.6 is 0 Å². The number of carboxylic acids is 1. The van der Waals surface area contributed by atoms with Crippen molar-refractivity contribution in [3.63, 3.8) is 0 Å². The van der Waals surface area contributed by atoms with E-state index in [9.17, 15) is 40.5 Å². The summed E-state index contributed by atoms with van der Waals surface area (Å²) in [4.78, 5) is 11.5. The Hall–Kier alpha value is -3.73. The van der Waals surface area contributed by atoms with Crippen molar-refractivity contribution in [1.29, 1.82) is 0 Å². The molecule has 3 fully saturated rings. The largest absolute Gasteiger partial charge is 0.478 e. The minimum Gasteiger partial charge on any atom is -0.478 e. The van der Waals surface area contributed by atoms with Crippen LogP contribution in [0.3, 0.4) is 0 Å². The molecular formula is C45H56O11. The maximum atomic E-state index is 12.7. The second-order valence-electron chi connectivity index (χ2n) is 16.9. The average molecular weight is 773 g/mol. The van der Waals surface area contributed by atoms with Crippen LogP contribution in [0.25, 0.3) is 0 Å². The number of hydrogen-bond donors (Lipinski definition) is 7. The van der Waals surface area contributed by atoms with E-state index >= 15 is 0 Å². The highest BCUT2D eigenvalue weighted by Gasteiger charge is 2.64. The average Bonchev–Trinajstić information content (AvgIpc) is 3.76. The van der Waals surface area contributed by atoms with Gasteiger partial charge in [-0.15, -0.1) is 6.58 Å². The van der Waals surface area contributed by atoms with Gasteiger partial charge < -0.3 is 50.0 Å². The maximum Gasteiger partial charge on any atom is 0.335 e. The van der Waals surface area contributed by atoms with E-state index in [0.717, 1.165) is 36.8 Å². The summed E-state index contributed by atoms with van der Waals surface area (Å²) in [6.45, 7) is 3.64. The number of rotatable bonds is 11. The molecule has 3 aliphatic heterocycles. The van der Waals surface area contributed by atoms with Crippen LogP contribution in [0, 0.1) is 41.1 Å². The number of hydrogen-bond acceptors (Lipinski definition) is 10. The molecule has 3 aliphatic carbocycles. The topological polar surface area (TPSA) is 186 Å². The molecule has 0 radical (unpaired) electrons. The molecule has 0 amide bonds. The van der Waals surface area contributed by atoms with Crippen molar-refractivity contribution < 1.29 is 54.8 Å². The van der Waals surface area contributed by atoms with Crippen molar-refractivity contribution in [3.05, 3.63) is 90.0 Å². The van der Waals surface area contributed by atoms with Crippen molar-refractivity contribution in [3.8, 4) is 17.8 Å². The second-order valence-corrected chi connectivity index (χ2v) is 16.9. The molecule has 1 saturated heterocycles. The van der Waals surface area contributed by atoms with Gasteiger partial charge in [0.1, 0.15) is 36.3 Å². The molecule has 302 valence electrons. The summed E-state index contributed by atoms with van der Waals surface area (Å²) in [5.41, 5.74) is -1.23. The van der Waals surface area contributed by atoms with Crippen molar-refractivity contribution in [2.24, 2.45) is 29.1 Å². The fourth-order valence-corrected chi connectivity index (χ4v) is 10.8. The predicted octanol–water partition coefficient (Wildman–Crippen LogP) is 4.31. The second kappa shape index (κ2) is 16.6.